The Hall–Kier alpha value is -3.10. The van der Waals surface area contributed by atoms with Crippen LogP contribution in [0.5, 0.6) is 11.5 Å². The molecule has 0 fully saturated rings. The van der Waals surface area contributed by atoms with E-state index in [-0.39, 0.29) is 28.3 Å². The molecule has 166 valence electrons. The minimum absolute atomic E-state index is 0.00330. The fourth-order valence-corrected chi connectivity index (χ4v) is 4.96. The second kappa shape index (κ2) is 8.04. The highest BCUT2D eigenvalue weighted by atomic mass is 79.9. The summed E-state index contributed by atoms with van der Waals surface area (Å²) in [5.41, 5.74) is 2.54. The van der Waals surface area contributed by atoms with Crippen LogP contribution in [0.2, 0.25) is 0 Å². The first kappa shape index (κ1) is 21.7. The van der Waals surface area contributed by atoms with Crippen LogP contribution in [0.4, 0.5) is 5.69 Å². The van der Waals surface area contributed by atoms with E-state index in [0.717, 1.165) is 10.0 Å². The van der Waals surface area contributed by atoms with E-state index in [1.807, 2.05) is 31.2 Å². The van der Waals surface area contributed by atoms with Gasteiger partial charge in [0.05, 0.1) is 28.6 Å². The molecule has 3 aromatic carbocycles. The number of hydrogen-bond acceptors (Lipinski definition) is 5. The van der Waals surface area contributed by atoms with E-state index in [0.29, 0.717) is 26.7 Å². The Bertz CT molecular complexity index is 1490. The van der Waals surface area contributed by atoms with Gasteiger partial charge in [-0.2, -0.15) is 0 Å². The van der Waals surface area contributed by atoms with E-state index in [1.54, 1.807) is 35.2 Å². The smallest absolute Gasteiger partial charge is 0.295 e. The van der Waals surface area contributed by atoms with Gasteiger partial charge in [-0.1, -0.05) is 33.6 Å². The van der Waals surface area contributed by atoms with Crippen LogP contribution >= 0.6 is 31.9 Å². The average molecular weight is 571 g/mol. The Morgan fingerprint density at radius 2 is 1.76 bits per heavy atom. The van der Waals surface area contributed by atoms with Crippen molar-refractivity contribution in [2.75, 3.05) is 12.0 Å². The molecule has 1 N–H and O–H groups in total. The van der Waals surface area contributed by atoms with Gasteiger partial charge in [0.25, 0.3) is 5.91 Å². The molecule has 1 amide bonds. The van der Waals surface area contributed by atoms with Crippen molar-refractivity contribution in [3.05, 3.63) is 96.2 Å². The molecule has 6 nitrogen and oxygen atoms in total. The van der Waals surface area contributed by atoms with Gasteiger partial charge >= 0.3 is 0 Å². The summed E-state index contributed by atoms with van der Waals surface area (Å²) in [5, 5.41) is 10.7. The number of benzene rings is 3. The second-order valence-corrected chi connectivity index (χ2v) is 9.55. The van der Waals surface area contributed by atoms with E-state index >= 15 is 0 Å². The summed E-state index contributed by atoms with van der Waals surface area (Å²) in [5.74, 6) is -0.258. The zero-order valence-corrected chi connectivity index (χ0v) is 20.7. The number of methoxy groups -OCH3 is 1. The molecule has 0 spiro atoms. The van der Waals surface area contributed by atoms with Crippen molar-refractivity contribution in [2.24, 2.45) is 0 Å². The second-order valence-electron chi connectivity index (χ2n) is 7.78. The normalized spacial score (nSPS) is 15.2. The standard InChI is InChI=1S/C25H17Br2NO5/c1-12-3-6-15(7-4-12)28-21(13-9-17(27)23(30)19(10-13)32-2)20-22(29)16-11-14(26)5-8-18(16)33-24(20)25(28)31/h3-11,21,30H,1-2H3. The maximum atomic E-state index is 13.7. The van der Waals surface area contributed by atoms with Gasteiger partial charge in [-0.25, -0.2) is 0 Å². The summed E-state index contributed by atoms with van der Waals surface area (Å²) in [6.45, 7) is 1.96. The van der Waals surface area contributed by atoms with Gasteiger partial charge in [-0.05, 0) is 70.9 Å². The third-order valence-electron chi connectivity index (χ3n) is 5.73. The Balaban J connectivity index is 1.84. The van der Waals surface area contributed by atoms with Crippen LogP contribution in [0, 0.1) is 6.92 Å². The van der Waals surface area contributed by atoms with Gasteiger partial charge in [-0.15, -0.1) is 0 Å². The Labute approximate surface area is 205 Å². The first-order valence-electron chi connectivity index (χ1n) is 10.0. The average Bonchev–Trinajstić information content (AvgIpc) is 3.09. The lowest BCUT2D eigenvalue weighted by Gasteiger charge is -2.26. The molecule has 0 radical (unpaired) electrons. The maximum absolute atomic E-state index is 13.7. The number of carbonyl (C=O) groups is 1. The van der Waals surface area contributed by atoms with Crippen LogP contribution in [-0.2, 0) is 0 Å². The molecule has 0 saturated carbocycles. The Morgan fingerprint density at radius 1 is 1.03 bits per heavy atom. The van der Waals surface area contributed by atoms with Crippen LogP contribution in [0.25, 0.3) is 11.0 Å². The van der Waals surface area contributed by atoms with Crippen LogP contribution < -0.4 is 15.1 Å². The molecule has 1 aromatic heterocycles. The highest BCUT2D eigenvalue weighted by Gasteiger charge is 2.44. The number of ether oxygens (including phenoxy) is 1. The molecule has 0 aliphatic carbocycles. The Kier molecular flexibility index (Phi) is 5.29. The van der Waals surface area contributed by atoms with E-state index in [1.165, 1.54) is 7.11 Å². The van der Waals surface area contributed by atoms with E-state index in [2.05, 4.69) is 31.9 Å². The lowest BCUT2D eigenvalue weighted by molar-refractivity contribution is 0.0971. The minimum atomic E-state index is -0.777. The first-order valence-corrected chi connectivity index (χ1v) is 11.6. The number of anilines is 1. The zero-order valence-electron chi connectivity index (χ0n) is 17.6. The molecular formula is C25H17Br2NO5. The van der Waals surface area contributed by atoms with E-state index in [4.69, 9.17) is 9.15 Å². The van der Waals surface area contributed by atoms with Gasteiger partial charge in [0.2, 0.25) is 5.76 Å². The van der Waals surface area contributed by atoms with Gasteiger partial charge in [0, 0.05) is 10.2 Å². The number of amides is 1. The molecule has 1 atom stereocenters. The van der Waals surface area contributed by atoms with Gasteiger partial charge in [0.1, 0.15) is 5.58 Å². The third kappa shape index (κ3) is 3.45. The minimum Gasteiger partial charge on any atom is -0.503 e. The maximum Gasteiger partial charge on any atom is 0.295 e. The molecule has 4 aromatic rings. The lowest BCUT2D eigenvalue weighted by Crippen LogP contribution is -2.29. The fourth-order valence-electron chi connectivity index (χ4n) is 4.14. The fraction of sp³-hybridized carbons (Fsp3) is 0.120. The van der Waals surface area contributed by atoms with Crippen LogP contribution in [0.3, 0.4) is 0 Å². The molecule has 0 bridgehead atoms. The molecule has 1 aliphatic rings. The van der Waals surface area contributed by atoms with Crippen molar-refractivity contribution in [1.29, 1.82) is 0 Å². The first-order chi connectivity index (χ1) is 15.8. The van der Waals surface area contributed by atoms with E-state index < -0.39 is 11.9 Å². The highest BCUT2D eigenvalue weighted by Crippen LogP contribution is 2.45. The largest absolute Gasteiger partial charge is 0.503 e. The third-order valence-corrected chi connectivity index (χ3v) is 6.83. The van der Waals surface area contributed by atoms with Crippen molar-refractivity contribution in [3.8, 4) is 11.5 Å². The van der Waals surface area contributed by atoms with E-state index in [9.17, 15) is 14.7 Å². The number of fused-ring (bicyclic) bond motifs is 2. The van der Waals surface area contributed by atoms with Crippen molar-refractivity contribution in [3.63, 3.8) is 0 Å². The molecule has 1 aliphatic heterocycles. The number of aryl methyl sites for hydroxylation is 1. The monoisotopic (exact) mass is 569 g/mol. The summed E-state index contributed by atoms with van der Waals surface area (Å²) in [4.78, 5) is 28.9. The molecule has 0 saturated heterocycles. The summed E-state index contributed by atoms with van der Waals surface area (Å²) in [6.07, 6.45) is 0. The summed E-state index contributed by atoms with van der Waals surface area (Å²) in [6, 6.07) is 15.1. The molecule has 5 rings (SSSR count). The van der Waals surface area contributed by atoms with Gasteiger partial charge < -0.3 is 14.3 Å². The number of rotatable bonds is 3. The summed E-state index contributed by atoms with van der Waals surface area (Å²) < 4.78 is 12.4. The topological polar surface area (TPSA) is 80.0 Å². The number of carbonyl (C=O) groups excluding carboxylic acids is 1. The van der Waals surface area contributed by atoms with Crippen LogP contribution in [0.1, 0.15) is 33.3 Å². The number of phenols is 1. The van der Waals surface area contributed by atoms with Crippen LogP contribution in [0.15, 0.2) is 72.8 Å². The van der Waals surface area contributed by atoms with Crippen LogP contribution in [-0.4, -0.2) is 18.1 Å². The number of hydrogen-bond donors (Lipinski definition) is 1. The summed E-state index contributed by atoms with van der Waals surface area (Å²) >= 11 is 6.75. The van der Waals surface area contributed by atoms with Crippen molar-refractivity contribution >= 4 is 54.4 Å². The van der Waals surface area contributed by atoms with Crippen molar-refractivity contribution in [2.45, 2.75) is 13.0 Å². The quantitative estimate of drug-likeness (QED) is 0.322. The van der Waals surface area contributed by atoms with Crippen molar-refractivity contribution in [1.82, 2.24) is 0 Å². The van der Waals surface area contributed by atoms with Gasteiger partial charge in [0.15, 0.2) is 16.9 Å². The highest BCUT2D eigenvalue weighted by molar-refractivity contribution is 9.10. The Morgan fingerprint density at radius 3 is 2.45 bits per heavy atom. The summed E-state index contributed by atoms with van der Waals surface area (Å²) in [7, 11) is 1.44. The number of aromatic hydroxyl groups is 1. The molecule has 8 heteroatoms. The molecular weight excluding hydrogens is 554 g/mol. The predicted molar refractivity (Wildman–Crippen MR) is 132 cm³/mol. The SMILES string of the molecule is COc1cc(C2c3c(oc4ccc(Br)cc4c3=O)C(=O)N2c2ccc(C)cc2)cc(Br)c1O. The predicted octanol–water partition coefficient (Wildman–Crippen LogP) is 6.09. The lowest BCUT2D eigenvalue weighted by atomic mass is 9.97. The number of halogens is 2. The number of nitrogens with zero attached hydrogens (tertiary/aromatic N) is 1. The van der Waals surface area contributed by atoms with Gasteiger partial charge in [-0.3, -0.25) is 14.5 Å². The zero-order chi connectivity index (χ0) is 23.4. The number of phenolic OH excluding ortho intramolecular Hbond substituents is 1. The molecule has 1 unspecified atom stereocenters. The van der Waals surface area contributed by atoms with Crippen molar-refractivity contribution < 1.29 is 19.1 Å². The molecule has 2 heterocycles. The molecule has 33 heavy (non-hydrogen) atoms.